The van der Waals surface area contributed by atoms with Crippen molar-refractivity contribution in [2.24, 2.45) is 0 Å². The summed E-state index contributed by atoms with van der Waals surface area (Å²) in [6, 6.07) is 7.85. The lowest BCUT2D eigenvalue weighted by atomic mass is 10.2. The van der Waals surface area contributed by atoms with E-state index in [1.165, 1.54) is 0 Å². The van der Waals surface area contributed by atoms with Crippen LogP contribution in [0.4, 0.5) is 5.69 Å². The number of halogens is 2. The lowest BCUT2D eigenvalue weighted by Gasteiger charge is -2.11. The molecule has 0 saturated heterocycles. The van der Waals surface area contributed by atoms with Crippen LogP contribution in [0, 0.1) is 0 Å². The van der Waals surface area contributed by atoms with Gasteiger partial charge in [0.25, 0.3) is 0 Å². The number of anilines is 1. The van der Waals surface area contributed by atoms with E-state index in [-0.39, 0.29) is 0 Å². The van der Waals surface area contributed by atoms with E-state index in [9.17, 15) is 0 Å². The van der Waals surface area contributed by atoms with Crippen LogP contribution in [0.1, 0.15) is 12.0 Å². The first-order chi connectivity index (χ1) is 10.2. The molecule has 2 heterocycles. The van der Waals surface area contributed by atoms with E-state index in [0.717, 1.165) is 33.6 Å². The molecule has 1 aromatic carbocycles. The highest BCUT2D eigenvalue weighted by Gasteiger charge is 2.11. The predicted octanol–water partition coefficient (Wildman–Crippen LogP) is 4.27. The minimum Gasteiger partial charge on any atom is -0.490 e. The fourth-order valence-corrected chi connectivity index (χ4v) is 2.56. The van der Waals surface area contributed by atoms with Crippen molar-refractivity contribution < 1.29 is 9.47 Å². The summed E-state index contributed by atoms with van der Waals surface area (Å²) in [5.74, 6) is 1.60. The molecule has 0 fully saturated rings. The quantitative estimate of drug-likeness (QED) is 0.821. The van der Waals surface area contributed by atoms with Gasteiger partial charge < -0.3 is 14.8 Å². The van der Waals surface area contributed by atoms with E-state index in [4.69, 9.17) is 21.1 Å². The highest BCUT2D eigenvalue weighted by atomic mass is 79.9. The van der Waals surface area contributed by atoms with Crippen LogP contribution in [0.3, 0.4) is 0 Å². The molecule has 6 heteroatoms. The fraction of sp³-hybridized carbons (Fsp3) is 0.267. The zero-order valence-corrected chi connectivity index (χ0v) is 13.6. The van der Waals surface area contributed by atoms with Crippen LogP contribution in [-0.4, -0.2) is 18.2 Å². The molecule has 0 unspecified atom stereocenters. The zero-order valence-electron chi connectivity index (χ0n) is 11.2. The van der Waals surface area contributed by atoms with Crippen LogP contribution in [0.15, 0.2) is 34.9 Å². The molecule has 21 heavy (non-hydrogen) atoms. The van der Waals surface area contributed by atoms with Gasteiger partial charge >= 0.3 is 0 Å². The molecule has 0 amide bonds. The van der Waals surface area contributed by atoms with Gasteiger partial charge in [-0.05, 0) is 39.7 Å². The average Bonchev–Trinajstić information content (AvgIpc) is 2.73. The average molecular weight is 370 g/mol. The van der Waals surface area contributed by atoms with Gasteiger partial charge in [0.1, 0.15) is 0 Å². The highest BCUT2D eigenvalue weighted by Crippen LogP contribution is 2.31. The second-order valence-corrected chi connectivity index (χ2v) is 5.95. The summed E-state index contributed by atoms with van der Waals surface area (Å²) in [7, 11) is 0. The van der Waals surface area contributed by atoms with Gasteiger partial charge in [0.15, 0.2) is 16.7 Å². The van der Waals surface area contributed by atoms with E-state index < -0.39 is 0 Å². The van der Waals surface area contributed by atoms with Crippen LogP contribution in [0.25, 0.3) is 0 Å². The van der Waals surface area contributed by atoms with Crippen molar-refractivity contribution in [3.05, 3.63) is 45.7 Å². The summed E-state index contributed by atoms with van der Waals surface area (Å²) >= 11 is 9.44. The van der Waals surface area contributed by atoms with Crippen LogP contribution >= 0.6 is 27.5 Å². The minimum absolute atomic E-state index is 0.451. The number of aromatic nitrogens is 1. The van der Waals surface area contributed by atoms with Crippen LogP contribution in [0.2, 0.25) is 5.15 Å². The van der Waals surface area contributed by atoms with Gasteiger partial charge in [0.2, 0.25) is 0 Å². The first kappa shape index (κ1) is 14.5. The zero-order chi connectivity index (χ0) is 14.7. The van der Waals surface area contributed by atoms with Crippen molar-refractivity contribution in [3.8, 4) is 11.5 Å². The van der Waals surface area contributed by atoms with Gasteiger partial charge in [-0.25, -0.2) is 4.98 Å². The second kappa shape index (κ2) is 6.54. The SMILES string of the molecule is Clc1ncc(Br)cc1NCc1ccc2c(c1)OCCCO2. The number of hydrogen-bond acceptors (Lipinski definition) is 4. The molecule has 0 radical (unpaired) electrons. The maximum Gasteiger partial charge on any atom is 0.161 e. The minimum atomic E-state index is 0.451. The van der Waals surface area contributed by atoms with Gasteiger partial charge in [-0.15, -0.1) is 0 Å². The summed E-state index contributed by atoms with van der Waals surface area (Å²) in [6.45, 7) is 2.02. The first-order valence-electron chi connectivity index (χ1n) is 6.66. The molecular formula is C15H14BrClN2O2. The number of nitrogens with one attached hydrogen (secondary N) is 1. The molecule has 0 atom stereocenters. The maximum absolute atomic E-state index is 6.06. The fourth-order valence-electron chi connectivity index (χ4n) is 2.06. The molecule has 110 valence electrons. The number of fused-ring (bicyclic) bond motifs is 1. The van der Waals surface area contributed by atoms with Crippen molar-refractivity contribution in [2.75, 3.05) is 18.5 Å². The number of nitrogens with zero attached hydrogens (tertiary/aromatic N) is 1. The molecule has 1 aliphatic heterocycles. The largest absolute Gasteiger partial charge is 0.490 e. The first-order valence-corrected chi connectivity index (χ1v) is 7.83. The molecule has 1 aliphatic rings. The van der Waals surface area contributed by atoms with Crippen molar-refractivity contribution >= 4 is 33.2 Å². The molecule has 0 aliphatic carbocycles. The maximum atomic E-state index is 6.06. The molecule has 2 aromatic rings. The Morgan fingerprint density at radius 2 is 2.00 bits per heavy atom. The smallest absolute Gasteiger partial charge is 0.161 e. The second-order valence-electron chi connectivity index (χ2n) is 4.68. The number of benzene rings is 1. The predicted molar refractivity (Wildman–Crippen MR) is 86.3 cm³/mol. The lowest BCUT2D eigenvalue weighted by molar-refractivity contribution is 0.297. The van der Waals surface area contributed by atoms with Crippen LogP contribution in [0.5, 0.6) is 11.5 Å². The summed E-state index contributed by atoms with van der Waals surface area (Å²) in [6.07, 6.45) is 2.57. The van der Waals surface area contributed by atoms with Crippen molar-refractivity contribution in [2.45, 2.75) is 13.0 Å². The Labute approximate surface area is 136 Å². The van der Waals surface area contributed by atoms with Crippen molar-refractivity contribution in [1.29, 1.82) is 0 Å². The van der Waals surface area contributed by atoms with Gasteiger partial charge in [0, 0.05) is 23.6 Å². The molecule has 0 bridgehead atoms. The van der Waals surface area contributed by atoms with Crippen molar-refractivity contribution in [1.82, 2.24) is 4.98 Å². The third kappa shape index (κ3) is 3.60. The summed E-state index contributed by atoms with van der Waals surface area (Å²) < 4.78 is 12.2. The summed E-state index contributed by atoms with van der Waals surface area (Å²) in [5.41, 5.74) is 1.88. The number of pyridine rings is 1. The molecular weight excluding hydrogens is 356 g/mol. The molecule has 4 nitrogen and oxygen atoms in total. The van der Waals surface area contributed by atoms with Gasteiger partial charge in [0.05, 0.1) is 18.9 Å². The standard InChI is InChI=1S/C15H14BrClN2O2/c16-11-7-12(15(17)19-9-11)18-8-10-2-3-13-14(6-10)21-5-1-4-20-13/h2-3,6-7,9,18H,1,4-5,8H2. The normalized spacial score (nSPS) is 13.6. The molecule has 1 aromatic heterocycles. The van der Waals surface area contributed by atoms with Crippen LogP contribution < -0.4 is 14.8 Å². The van der Waals surface area contributed by atoms with E-state index >= 15 is 0 Å². The molecule has 0 spiro atoms. The third-order valence-corrected chi connectivity index (χ3v) is 3.84. The Kier molecular flexibility index (Phi) is 4.51. The highest BCUT2D eigenvalue weighted by molar-refractivity contribution is 9.10. The molecule has 3 rings (SSSR count). The third-order valence-electron chi connectivity index (χ3n) is 3.10. The van der Waals surface area contributed by atoms with Gasteiger partial charge in [-0.1, -0.05) is 17.7 Å². The number of hydrogen-bond donors (Lipinski definition) is 1. The Morgan fingerprint density at radius 3 is 2.86 bits per heavy atom. The van der Waals surface area contributed by atoms with Crippen molar-refractivity contribution in [3.63, 3.8) is 0 Å². The van der Waals surface area contributed by atoms with Crippen LogP contribution in [-0.2, 0) is 6.54 Å². The lowest BCUT2D eigenvalue weighted by Crippen LogP contribution is -2.01. The molecule has 0 saturated carbocycles. The van der Waals surface area contributed by atoms with Gasteiger partial charge in [-0.2, -0.15) is 0 Å². The monoisotopic (exact) mass is 368 g/mol. The Hall–Kier alpha value is -1.46. The number of rotatable bonds is 3. The Bertz CT molecular complexity index is 652. The summed E-state index contributed by atoms with van der Waals surface area (Å²) in [4.78, 5) is 4.08. The van der Waals surface area contributed by atoms with E-state index in [1.54, 1.807) is 6.20 Å². The Balaban J connectivity index is 1.73. The van der Waals surface area contributed by atoms with E-state index in [1.807, 2.05) is 24.3 Å². The van der Waals surface area contributed by atoms with Gasteiger partial charge in [-0.3, -0.25) is 0 Å². The summed E-state index contributed by atoms with van der Waals surface area (Å²) in [5, 5.41) is 3.72. The molecule has 1 N–H and O–H groups in total. The number of ether oxygens (including phenoxy) is 2. The topological polar surface area (TPSA) is 43.4 Å². The van der Waals surface area contributed by atoms with E-state index in [0.29, 0.717) is 24.9 Å². The Morgan fingerprint density at radius 1 is 1.19 bits per heavy atom. The van der Waals surface area contributed by atoms with E-state index in [2.05, 4.69) is 26.2 Å².